The van der Waals surface area contributed by atoms with Gasteiger partial charge in [-0.3, -0.25) is 0 Å². The van der Waals surface area contributed by atoms with Gasteiger partial charge in [-0.25, -0.2) is 9.78 Å². The number of pyridine rings is 1. The highest BCUT2D eigenvalue weighted by molar-refractivity contribution is 6.34. The maximum absolute atomic E-state index is 10.8. The van der Waals surface area contributed by atoms with Crippen LogP contribution in [0.3, 0.4) is 0 Å². The molecule has 0 saturated carbocycles. The Kier molecular flexibility index (Phi) is 3.26. The lowest BCUT2D eigenvalue weighted by Crippen LogP contribution is -2.14. The van der Waals surface area contributed by atoms with E-state index in [0.717, 1.165) is 0 Å². The third-order valence-corrected chi connectivity index (χ3v) is 2.54. The van der Waals surface area contributed by atoms with Crippen LogP contribution in [0.2, 0.25) is 10.3 Å². The fraction of sp³-hybridized carbons (Fsp3) is 0.400. The molecule has 1 aromatic heterocycles. The minimum atomic E-state index is -1.10. The summed E-state index contributed by atoms with van der Waals surface area (Å²) >= 11 is 11.6. The second-order valence-electron chi connectivity index (χ2n) is 4.22. The van der Waals surface area contributed by atoms with Gasteiger partial charge in [0.1, 0.15) is 10.3 Å². The third-order valence-electron chi connectivity index (χ3n) is 1.97. The molecule has 0 unspecified atom stereocenters. The molecule has 0 aliphatic heterocycles. The van der Waals surface area contributed by atoms with Crippen LogP contribution in [0.1, 0.15) is 36.7 Å². The van der Waals surface area contributed by atoms with Crippen LogP contribution >= 0.6 is 23.2 Å². The molecule has 0 radical (unpaired) electrons. The molecule has 0 bridgehead atoms. The molecule has 82 valence electrons. The Morgan fingerprint density at radius 1 is 1.33 bits per heavy atom. The van der Waals surface area contributed by atoms with Crippen molar-refractivity contribution in [1.82, 2.24) is 4.98 Å². The highest BCUT2D eigenvalue weighted by Crippen LogP contribution is 2.31. The molecule has 0 saturated heterocycles. The minimum absolute atomic E-state index is 0.0222. The SMILES string of the molecule is CC(C)(C)c1cc(C(=O)O)c(Cl)nc1Cl. The average Bonchev–Trinajstić information content (AvgIpc) is 2.00. The highest BCUT2D eigenvalue weighted by Gasteiger charge is 2.22. The Morgan fingerprint density at radius 3 is 2.27 bits per heavy atom. The van der Waals surface area contributed by atoms with Crippen LogP contribution in [0, 0.1) is 0 Å². The summed E-state index contributed by atoms with van der Waals surface area (Å²) in [5, 5.41) is 9.04. The van der Waals surface area contributed by atoms with E-state index >= 15 is 0 Å². The minimum Gasteiger partial charge on any atom is -0.478 e. The number of hydrogen-bond acceptors (Lipinski definition) is 2. The van der Waals surface area contributed by atoms with E-state index in [1.54, 1.807) is 0 Å². The Labute approximate surface area is 98.0 Å². The predicted octanol–water partition coefficient (Wildman–Crippen LogP) is 3.38. The second-order valence-corrected chi connectivity index (χ2v) is 4.94. The lowest BCUT2D eigenvalue weighted by Gasteiger charge is -2.20. The van der Waals surface area contributed by atoms with Gasteiger partial charge in [-0.15, -0.1) is 0 Å². The fourth-order valence-electron chi connectivity index (χ4n) is 1.15. The molecule has 0 aromatic carbocycles. The largest absolute Gasteiger partial charge is 0.478 e. The van der Waals surface area contributed by atoms with Gasteiger partial charge in [-0.1, -0.05) is 44.0 Å². The average molecular weight is 248 g/mol. The summed E-state index contributed by atoms with van der Waals surface area (Å²) in [5.74, 6) is -1.10. The maximum Gasteiger partial charge on any atom is 0.338 e. The molecule has 0 amide bonds. The lowest BCUT2D eigenvalue weighted by atomic mass is 9.87. The summed E-state index contributed by atoms with van der Waals surface area (Å²) in [4.78, 5) is 14.7. The normalized spacial score (nSPS) is 11.5. The van der Waals surface area contributed by atoms with E-state index < -0.39 is 5.97 Å². The van der Waals surface area contributed by atoms with Gasteiger partial charge in [0.2, 0.25) is 0 Å². The first-order chi connectivity index (χ1) is 6.73. The molecule has 0 aliphatic rings. The number of carboxylic acid groups (broad SMARTS) is 1. The zero-order valence-corrected chi connectivity index (χ0v) is 10.1. The van der Waals surface area contributed by atoms with Crippen LogP contribution in [0.4, 0.5) is 0 Å². The Hall–Kier alpha value is -0.800. The van der Waals surface area contributed by atoms with Gasteiger partial charge in [-0.05, 0) is 17.0 Å². The first kappa shape index (κ1) is 12.3. The predicted molar refractivity (Wildman–Crippen MR) is 59.9 cm³/mol. The van der Waals surface area contributed by atoms with Gasteiger partial charge in [-0.2, -0.15) is 0 Å². The zero-order valence-electron chi connectivity index (χ0n) is 8.64. The van der Waals surface area contributed by atoms with Crippen LogP contribution in [0.15, 0.2) is 6.07 Å². The third kappa shape index (κ3) is 2.61. The van der Waals surface area contributed by atoms with E-state index in [4.69, 9.17) is 28.3 Å². The van der Waals surface area contributed by atoms with E-state index in [1.165, 1.54) is 6.07 Å². The van der Waals surface area contributed by atoms with Crippen LogP contribution in [-0.2, 0) is 5.41 Å². The first-order valence-electron chi connectivity index (χ1n) is 4.33. The van der Waals surface area contributed by atoms with Crippen molar-refractivity contribution in [2.45, 2.75) is 26.2 Å². The number of carboxylic acids is 1. The molecule has 1 aromatic rings. The van der Waals surface area contributed by atoms with Crippen LogP contribution in [0.25, 0.3) is 0 Å². The van der Waals surface area contributed by atoms with E-state index in [2.05, 4.69) is 4.98 Å². The topological polar surface area (TPSA) is 50.2 Å². The molecular weight excluding hydrogens is 237 g/mol. The first-order valence-corrected chi connectivity index (χ1v) is 5.09. The summed E-state index contributed by atoms with van der Waals surface area (Å²) in [5.41, 5.74) is 0.385. The lowest BCUT2D eigenvalue weighted by molar-refractivity contribution is 0.0696. The molecule has 1 heterocycles. The van der Waals surface area contributed by atoms with Crippen LogP contribution < -0.4 is 0 Å². The molecule has 1 N–H and O–H groups in total. The van der Waals surface area contributed by atoms with Gasteiger partial charge in [0.05, 0.1) is 5.56 Å². The van der Waals surface area contributed by atoms with Gasteiger partial charge < -0.3 is 5.11 Å². The zero-order chi connectivity index (χ0) is 11.8. The van der Waals surface area contributed by atoms with Crippen molar-refractivity contribution in [2.75, 3.05) is 0 Å². The molecule has 15 heavy (non-hydrogen) atoms. The number of halogens is 2. The fourth-order valence-corrected chi connectivity index (χ4v) is 1.83. The van der Waals surface area contributed by atoms with Gasteiger partial charge in [0.25, 0.3) is 0 Å². The molecular formula is C10H11Cl2NO2. The van der Waals surface area contributed by atoms with Crippen molar-refractivity contribution in [3.8, 4) is 0 Å². The Morgan fingerprint density at radius 2 is 1.87 bits per heavy atom. The summed E-state index contributed by atoms with van der Waals surface area (Å²) < 4.78 is 0. The monoisotopic (exact) mass is 247 g/mol. The summed E-state index contributed by atoms with van der Waals surface area (Å²) in [6.07, 6.45) is 0. The van der Waals surface area contributed by atoms with Gasteiger partial charge in [0.15, 0.2) is 0 Å². The molecule has 1 rings (SSSR count). The number of aromatic nitrogens is 1. The van der Waals surface area contributed by atoms with Gasteiger partial charge in [0, 0.05) is 0 Å². The summed E-state index contributed by atoms with van der Waals surface area (Å²) in [7, 11) is 0. The van der Waals surface area contributed by atoms with Crippen molar-refractivity contribution in [2.24, 2.45) is 0 Å². The number of hydrogen-bond donors (Lipinski definition) is 1. The molecule has 0 spiro atoms. The molecule has 5 heteroatoms. The van der Waals surface area contributed by atoms with Crippen molar-refractivity contribution in [1.29, 1.82) is 0 Å². The molecule has 3 nitrogen and oxygen atoms in total. The van der Waals surface area contributed by atoms with Crippen molar-refractivity contribution >= 4 is 29.2 Å². The van der Waals surface area contributed by atoms with E-state index in [0.29, 0.717) is 5.56 Å². The second kappa shape index (κ2) is 3.99. The van der Waals surface area contributed by atoms with Crippen molar-refractivity contribution in [3.63, 3.8) is 0 Å². The number of carbonyl (C=O) groups is 1. The summed E-state index contributed by atoms with van der Waals surface area (Å²) in [6, 6.07) is 1.47. The number of nitrogens with zero attached hydrogens (tertiary/aromatic N) is 1. The van der Waals surface area contributed by atoms with Crippen molar-refractivity contribution in [3.05, 3.63) is 27.5 Å². The smallest absolute Gasteiger partial charge is 0.338 e. The highest BCUT2D eigenvalue weighted by atomic mass is 35.5. The maximum atomic E-state index is 10.8. The number of rotatable bonds is 1. The molecule has 0 fully saturated rings. The quantitative estimate of drug-likeness (QED) is 0.775. The van der Waals surface area contributed by atoms with E-state index in [9.17, 15) is 4.79 Å². The molecule has 0 aliphatic carbocycles. The van der Waals surface area contributed by atoms with Crippen LogP contribution in [-0.4, -0.2) is 16.1 Å². The Bertz CT molecular complexity index is 411. The van der Waals surface area contributed by atoms with E-state index in [-0.39, 0.29) is 21.3 Å². The van der Waals surface area contributed by atoms with Crippen LogP contribution in [0.5, 0.6) is 0 Å². The van der Waals surface area contributed by atoms with Crippen molar-refractivity contribution < 1.29 is 9.90 Å². The number of aromatic carboxylic acids is 1. The Balaban J connectivity index is 3.43. The van der Waals surface area contributed by atoms with Gasteiger partial charge >= 0.3 is 5.97 Å². The summed E-state index contributed by atoms with van der Waals surface area (Å²) in [6.45, 7) is 5.78. The standard InChI is InChI=1S/C10H11Cl2NO2/c1-10(2,3)6-4-5(9(14)15)7(11)13-8(6)12/h4H,1-3H3,(H,14,15). The molecule has 0 atom stereocenters. The van der Waals surface area contributed by atoms with E-state index in [1.807, 2.05) is 20.8 Å².